The summed E-state index contributed by atoms with van der Waals surface area (Å²) in [5, 5.41) is 13.5. The molecule has 2 N–H and O–H groups in total. The zero-order valence-corrected chi connectivity index (χ0v) is 16.4. The van der Waals surface area contributed by atoms with E-state index in [9.17, 15) is 9.90 Å². The number of nitrogens with zero attached hydrogens (tertiary/aromatic N) is 3. The summed E-state index contributed by atoms with van der Waals surface area (Å²) in [6.45, 7) is 5.25. The van der Waals surface area contributed by atoms with E-state index in [0.717, 1.165) is 44.8 Å². The number of hydrogen-bond donors (Lipinski definition) is 2. The lowest BCUT2D eigenvalue weighted by Crippen LogP contribution is -2.54. The number of amides is 1. The number of aliphatic hydroxyl groups is 1. The van der Waals surface area contributed by atoms with Crippen molar-refractivity contribution in [3.8, 4) is 0 Å². The summed E-state index contributed by atoms with van der Waals surface area (Å²) in [4.78, 5) is 21.3. The van der Waals surface area contributed by atoms with Crippen molar-refractivity contribution in [1.29, 1.82) is 0 Å². The van der Waals surface area contributed by atoms with Crippen molar-refractivity contribution >= 4 is 5.91 Å². The highest BCUT2D eigenvalue weighted by Gasteiger charge is 2.29. The predicted octanol–water partition coefficient (Wildman–Crippen LogP) is 1.79. The summed E-state index contributed by atoms with van der Waals surface area (Å²) in [5.74, 6) is 0.0688. The summed E-state index contributed by atoms with van der Waals surface area (Å²) >= 11 is 0. The number of likely N-dealkylation sites (tertiary alicyclic amines) is 2. The normalized spacial score (nSPS) is 25.5. The zero-order chi connectivity index (χ0) is 18.9. The number of pyridine rings is 1. The number of piperidine rings is 1. The highest BCUT2D eigenvalue weighted by Crippen LogP contribution is 2.14. The molecule has 0 aromatic carbocycles. The maximum absolute atomic E-state index is 12.4. The Bertz CT molecular complexity index is 561. The van der Waals surface area contributed by atoms with E-state index in [1.165, 1.54) is 32.1 Å². The Morgan fingerprint density at radius 1 is 1.11 bits per heavy atom. The van der Waals surface area contributed by atoms with Crippen molar-refractivity contribution in [3.63, 3.8) is 0 Å². The lowest BCUT2D eigenvalue weighted by atomic mass is 10.0. The van der Waals surface area contributed by atoms with Gasteiger partial charge < -0.3 is 15.3 Å². The van der Waals surface area contributed by atoms with Crippen LogP contribution in [0.3, 0.4) is 0 Å². The van der Waals surface area contributed by atoms with Crippen LogP contribution in [0.5, 0.6) is 0 Å². The predicted molar refractivity (Wildman–Crippen MR) is 106 cm³/mol. The highest BCUT2D eigenvalue weighted by atomic mass is 16.3. The molecule has 1 aromatic heterocycles. The van der Waals surface area contributed by atoms with E-state index in [-0.39, 0.29) is 11.9 Å². The maximum Gasteiger partial charge on any atom is 0.221 e. The van der Waals surface area contributed by atoms with Crippen LogP contribution in [-0.2, 0) is 11.3 Å². The van der Waals surface area contributed by atoms with Crippen molar-refractivity contribution < 1.29 is 9.90 Å². The van der Waals surface area contributed by atoms with Crippen molar-refractivity contribution in [2.75, 3.05) is 32.7 Å². The van der Waals surface area contributed by atoms with Gasteiger partial charge in [-0.05, 0) is 44.5 Å². The molecule has 3 rings (SSSR count). The largest absolute Gasteiger partial charge is 0.390 e. The average molecular weight is 375 g/mol. The van der Waals surface area contributed by atoms with Gasteiger partial charge in [0.25, 0.3) is 0 Å². The van der Waals surface area contributed by atoms with E-state index in [4.69, 9.17) is 0 Å². The monoisotopic (exact) mass is 374 g/mol. The summed E-state index contributed by atoms with van der Waals surface area (Å²) in [6, 6.07) is 5.76. The average Bonchev–Trinajstić information content (AvgIpc) is 2.64. The van der Waals surface area contributed by atoms with Crippen LogP contribution in [-0.4, -0.2) is 70.7 Å². The van der Waals surface area contributed by atoms with Crippen LogP contribution in [0.4, 0.5) is 0 Å². The molecule has 0 radical (unpaired) electrons. The van der Waals surface area contributed by atoms with Crippen LogP contribution in [0, 0.1) is 0 Å². The quantitative estimate of drug-likeness (QED) is 0.795. The maximum atomic E-state index is 12.4. The molecular formula is C21H34N4O2. The molecule has 6 nitrogen and oxygen atoms in total. The Morgan fingerprint density at radius 2 is 1.89 bits per heavy atom. The third kappa shape index (κ3) is 6.87. The summed E-state index contributed by atoms with van der Waals surface area (Å²) in [5.41, 5.74) is 1.01. The van der Waals surface area contributed by atoms with Gasteiger partial charge in [0.05, 0.1) is 17.8 Å². The van der Waals surface area contributed by atoms with Gasteiger partial charge in [0.15, 0.2) is 0 Å². The summed E-state index contributed by atoms with van der Waals surface area (Å²) in [7, 11) is 0. The minimum atomic E-state index is -0.520. The fourth-order valence-corrected chi connectivity index (χ4v) is 4.11. The van der Waals surface area contributed by atoms with Gasteiger partial charge in [-0.2, -0.15) is 0 Å². The molecule has 2 fully saturated rings. The molecule has 27 heavy (non-hydrogen) atoms. The molecule has 2 saturated heterocycles. The number of β-amino-alcohol motifs (C(OH)–C–C–N with tert-alkyl or cyclic N) is 1. The molecule has 2 atom stereocenters. The van der Waals surface area contributed by atoms with Gasteiger partial charge in [0, 0.05) is 38.8 Å². The fourth-order valence-electron chi connectivity index (χ4n) is 4.11. The second-order valence-corrected chi connectivity index (χ2v) is 7.95. The van der Waals surface area contributed by atoms with Gasteiger partial charge in [-0.25, -0.2) is 0 Å². The van der Waals surface area contributed by atoms with Crippen LogP contribution in [0.1, 0.15) is 50.6 Å². The second kappa shape index (κ2) is 10.7. The van der Waals surface area contributed by atoms with Crippen molar-refractivity contribution in [2.45, 2.75) is 63.6 Å². The molecule has 3 heterocycles. The Labute approximate surface area is 163 Å². The molecule has 6 heteroatoms. The van der Waals surface area contributed by atoms with Gasteiger partial charge >= 0.3 is 0 Å². The van der Waals surface area contributed by atoms with Crippen LogP contribution in [0.2, 0.25) is 0 Å². The Kier molecular flexibility index (Phi) is 8.05. The molecule has 0 aliphatic carbocycles. The van der Waals surface area contributed by atoms with Crippen LogP contribution >= 0.6 is 0 Å². The lowest BCUT2D eigenvalue weighted by Gasteiger charge is -2.36. The van der Waals surface area contributed by atoms with E-state index in [1.54, 1.807) is 6.20 Å². The topological polar surface area (TPSA) is 68.7 Å². The van der Waals surface area contributed by atoms with E-state index < -0.39 is 6.10 Å². The van der Waals surface area contributed by atoms with E-state index >= 15 is 0 Å². The van der Waals surface area contributed by atoms with E-state index in [1.807, 2.05) is 18.2 Å². The Balaban J connectivity index is 1.37. The molecule has 2 aliphatic rings. The van der Waals surface area contributed by atoms with Crippen molar-refractivity contribution in [1.82, 2.24) is 20.1 Å². The molecule has 2 aliphatic heterocycles. The Morgan fingerprint density at radius 3 is 2.59 bits per heavy atom. The number of nitrogens with one attached hydrogen (secondary N) is 1. The third-order valence-corrected chi connectivity index (χ3v) is 5.73. The van der Waals surface area contributed by atoms with E-state index in [0.29, 0.717) is 13.0 Å². The molecule has 0 bridgehead atoms. The first kappa shape index (κ1) is 20.2. The summed E-state index contributed by atoms with van der Waals surface area (Å²) in [6.07, 6.45) is 9.05. The lowest BCUT2D eigenvalue weighted by molar-refractivity contribution is -0.123. The number of aromatic nitrogens is 1. The molecule has 0 saturated carbocycles. The van der Waals surface area contributed by atoms with Gasteiger partial charge in [0.1, 0.15) is 0 Å². The molecule has 0 unspecified atom stereocenters. The first-order valence-electron chi connectivity index (χ1n) is 10.5. The SMILES string of the molecule is O=C(CCN1CCCCCCC1)N[C@@H]1CCN(Cc2ccccn2)C[C@H]1O. The minimum absolute atomic E-state index is 0.0688. The van der Waals surface area contributed by atoms with Gasteiger partial charge in [-0.1, -0.05) is 25.3 Å². The minimum Gasteiger partial charge on any atom is -0.390 e. The number of carbonyl (C=O) groups excluding carboxylic acids is 1. The molecule has 1 aromatic rings. The van der Waals surface area contributed by atoms with Crippen LogP contribution < -0.4 is 5.32 Å². The van der Waals surface area contributed by atoms with Crippen LogP contribution in [0.25, 0.3) is 0 Å². The van der Waals surface area contributed by atoms with Gasteiger partial charge in [0.2, 0.25) is 5.91 Å². The number of aliphatic hydroxyl groups excluding tert-OH is 1. The number of hydrogen-bond acceptors (Lipinski definition) is 5. The van der Waals surface area contributed by atoms with Crippen molar-refractivity contribution in [2.24, 2.45) is 0 Å². The van der Waals surface area contributed by atoms with Gasteiger partial charge in [-0.3, -0.25) is 14.7 Å². The zero-order valence-electron chi connectivity index (χ0n) is 16.4. The standard InChI is InChI=1S/C21H34N4O2/c26-20-17-25(16-18-8-4-5-11-22-18)14-9-19(20)23-21(27)10-15-24-12-6-2-1-3-7-13-24/h4-5,8,11,19-20,26H,1-3,6-7,9-10,12-17H2,(H,23,27)/t19-,20-/m1/s1. The second-order valence-electron chi connectivity index (χ2n) is 7.95. The van der Waals surface area contributed by atoms with Gasteiger partial charge in [-0.15, -0.1) is 0 Å². The van der Waals surface area contributed by atoms with E-state index in [2.05, 4.69) is 20.1 Å². The Hall–Kier alpha value is -1.50. The molecule has 1 amide bonds. The molecule has 0 spiro atoms. The fraction of sp³-hybridized carbons (Fsp3) is 0.714. The first-order chi connectivity index (χ1) is 13.2. The number of rotatable bonds is 6. The summed E-state index contributed by atoms with van der Waals surface area (Å²) < 4.78 is 0. The van der Waals surface area contributed by atoms with Crippen molar-refractivity contribution in [3.05, 3.63) is 30.1 Å². The molecule has 150 valence electrons. The smallest absolute Gasteiger partial charge is 0.221 e. The van der Waals surface area contributed by atoms with Crippen LogP contribution in [0.15, 0.2) is 24.4 Å². The number of carbonyl (C=O) groups is 1. The first-order valence-corrected chi connectivity index (χ1v) is 10.5. The highest BCUT2D eigenvalue weighted by molar-refractivity contribution is 5.76. The third-order valence-electron chi connectivity index (χ3n) is 5.73. The molecular weight excluding hydrogens is 340 g/mol.